The summed E-state index contributed by atoms with van der Waals surface area (Å²) in [5.74, 6) is 2.47. The van der Waals surface area contributed by atoms with E-state index in [-0.39, 0.29) is 6.04 Å². The van der Waals surface area contributed by atoms with Crippen molar-refractivity contribution < 1.29 is 8.42 Å². The van der Waals surface area contributed by atoms with E-state index >= 15 is 0 Å². The molecule has 0 amide bonds. The van der Waals surface area contributed by atoms with Crippen LogP contribution in [0.3, 0.4) is 0 Å². The molecule has 0 spiro atoms. The highest BCUT2D eigenvalue weighted by Crippen LogP contribution is 2.14. The smallest absolute Gasteiger partial charge is 0.212 e. The minimum Gasteiger partial charge on any atom is -0.212 e. The van der Waals surface area contributed by atoms with Crippen molar-refractivity contribution in [2.24, 2.45) is 0 Å². The number of terminal acetylenes is 1. The SMILES string of the molecule is C#CCC(CC)NS(=O)(=O)C(C)(C)C. The fourth-order valence-electron chi connectivity index (χ4n) is 0.808. The van der Waals surface area contributed by atoms with E-state index in [2.05, 4.69) is 10.6 Å². The van der Waals surface area contributed by atoms with Gasteiger partial charge in [0, 0.05) is 12.5 Å². The highest BCUT2D eigenvalue weighted by molar-refractivity contribution is 7.90. The molecule has 4 heteroatoms. The summed E-state index contributed by atoms with van der Waals surface area (Å²) < 4.78 is 25.3. The van der Waals surface area contributed by atoms with Crippen molar-refractivity contribution in [3.63, 3.8) is 0 Å². The highest BCUT2D eigenvalue weighted by Gasteiger charge is 2.30. The number of hydrogen-bond donors (Lipinski definition) is 1. The van der Waals surface area contributed by atoms with Crippen molar-refractivity contribution in [3.8, 4) is 12.3 Å². The van der Waals surface area contributed by atoms with E-state index < -0.39 is 14.8 Å². The molecule has 0 radical (unpaired) electrons. The third-order valence-corrected chi connectivity index (χ3v) is 4.24. The second-order valence-electron chi connectivity index (χ2n) is 4.25. The Morgan fingerprint density at radius 1 is 1.43 bits per heavy atom. The lowest BCUT2D eigenvalue weighted by atomic mass is 10.2. The summed E-state index contributed by atoms with van der Waals surface area (Å²) >= 11 is 0. The van der Waals surface area contributed by atoms with Crippen LogP contribution in [0, 0.1) is 12.3 Å². The van der Waals surface area contributed by atoms with Crippen LogP contribution in [-0.4, -0.2) is 19.2 Å². The molecule has 0 aliphatic rings. The first kappa shape index (κ1) is 13.5. The van der Waals surface area contributed by atoms with Gasteiger partial charge in [-0.15, -0.1) is 12.3 Å². The fraction of sp³-hybridized carbons (Fsp3) is 0.800. The second kappa shape index (κ2) is 4.81. The van der Waals surface area contributed by atoms with E-state index in [0.717, 1.165) is 0 Å². The molecule has 1 N–H and O–H groups in total. The molecule has 0 rings (SSSR count). The zero-order chi connectivity index (χ0) is 11.4. The van der Waals surface area contributed by atoms with Gasteiger partial charge in [-0.05, 0) is 27.2 Å². The maximum Gasteiger partial charge on any atom is 0.216 e. The van der Waals surface area contributed by atoms with Crippen molar-refractivity contribution in [1.29, 1.82) is 0 Å². The molecule has 0 aliphatic carbocycles. The van der Waals surface area contributed by atoms with Gasteiger partial charge in [0.05, 0.1) is 4.75 Å². The van der Waals surface area contributed by atoms with Crippen molar-refractivity contribution in [3.05, 3.63) is 0 Å². The minimum absolute atomic E-state index is 0.149. The first-order chi connectivity index (χ1) is 6.24. The predicted octanol–water partition coefficient (Wildman–Crippen LogP) is 1.51. The van der Waals surface area contributed by atoms with E-state index in [9.17, 15) is 8.42 Å². The van der Waals surface area contributed by atoms with Crippen LogP contribution in [0.1, 0.15) is 40.5 Å². The lowest BCUT2D eigenvalue weighted by Gasteiger charge is -2.23. The van der Waals surface area contributed by atoms with Gasteiger partial charge in [-0.25, -0.2) is 13.1 Å². The minimum atomic E-state index is -3.28. The number of nitrogens with one attached hydrogen (secondary N) is 1. The van der Waals surface area contributed by atoms with Crippen LogP contribution in [0.15, 0.2) is 0 Å². The molecule has 3 nitrogen and oxygen atoms in total. The Hall–Kier alpha value is -0.530. The number of rotatable bonds is 4. The van der Waals surface area contributed by atoms with Crippen LogP contribution < -0.4 is 4.72 Å². The van der Waals surface area contributed by atoms with Crippen LogP contribution in [0.25, 0.3) is 0 Å². The van der Waals surface area contributed by atoms with E-state index in [1.165, 1.54) is 0 Å². The van der Waals surface area contributed by atoms with Crippen LogP contribution in [0.2, 0.25) is 0 Å². The largest absolute Gasteiger partial charge is 0.216 e. The van der Waals surface area contributed by atoms with Crippen molar-refractivity contribution in [1.82, 2.24) is 4.72 Å². The highest BCUT2D eigenvalue weighted by atomic mass is 32.2. The summed E-state index contributed by atoms with van der Waals surface area (Å²) in [5, 5.41) is 0. The lowest BCUT2D eigenvalue weighted by Crippen LogP contribution is -2.44. The molecule has 0 aromatic heterocycles. The maximum atomic E-state index is 11.7. The zero-order valence-corrected chi connectivity index (χ0v) is 10.1. The third-order valence-electron chi connectivity index (χ3n) is 1.99. The first-order valence-corrected chi connectivity index (χ1v) is 6.18. The van der Waals surface area contributed by atoms with Gasteiger partial charge < -0.3 is 0 Å². The number of hydrogen-bond acceptors (Lipinski definition) is 2. The monoisotopic (exact) mass is 217 g/mol. The van der Waals surface area contributed by atoms with Gasteiger partial charge in [0.25, 0.3) is 0 Å². The zero-order valence-electron chi connectivity index (χ0n) is 9.29. The Morgan fingerprint density at radius 3 is 2.21 bits per heavy atom. The average molecular weight is 217 g/mol. The maximum absolute atomic E-state index is 11.7. The fourth-order valence-corrected chi connectivity index (χ4v) is 1.85. The van der Waals surface area contributed by atoms with E-state index in [4.69, 9.17) is 6.42 Å². The molecule has 0 saturated carbocycles. The molecule has 1 atom stereocenters. The van der Waals surface area contributed by atoms with Crippen LogP contribution >= 0.6 is 0 Å². The summed E-state index contributed by atoms with van der Waals surface area (Å²) in [7, 11) is -3.28. The summed E-state index contributed by atoms with van der Waals surface area (Å²) in [6.45, 7) is 6.90. The molecule has 0 saturated heterocycles. The number of sulfonamides is 1. The van der Waals surface area contributed by atoms with Crippen LogP contribution in [0.4, 0.5) is 0 Å². The summed E-state index contributed by atoms with van der Waals surface area (Å²) in [6.07, 6.45) is 6.29. The van der Waals surface area contributed by atoms with E-state index in [0.29, 0.717) is 12.8 Å². The quantitative estimate of drug-likeness (QED) is 0.725. The van der Waals surface area contributed by atoms with E-state index in [1.54, 1.807) is 20.8 Å². The van der Waals surface area contributed by atoms with Gasteiger partial charge >= 0.3 is 0 Å². The van der Waals surface area contributed by atoms with E-state index in [1.807, 2.05) is 6.92 Å². The Balaban J connectivity index is 4.59. The Labute approximate surface area is 87.3 Å². The molecular weight excluding hydrogens is 198 g/mol. The average Bonchev–Trinajstić information content (AvgIpc) is 2.01. The molecule has 1 unspecified atom stereocenters. The summed E-state index contributed by atoms with van der Waals surface area (Å²) in [5.41, 5.74) is 0. The van der Waals surface area contributed by atoms with Gasteiger partial charge in [-0.2, -0.15) is 0 Å². The predicted molar refractivity (Wildman–Crippen MR) is 59.3 cm³/mol. The summed E-state index contributed by atoms with van der Waals surface area (Å²) in [6, 6.07) is -0.149. The van der Waals surface area contributed by atoms with Crippen LogP contribution in [-0.2, 0) is 10.0 Å². The topological polar surface area (TPSA) is 46.2 Å². The molecular formula is C10H19NO2S. The van der Waals surface area contributed by atoms with Gasteiger partial charge in [0.15, 0.2) is 0 Å². The Kier molecular flexibility index (Phi) is 4.63. The molecule has 82 valence electrons. The standard InChI is InChI=1S/C10H19NO2S/c1-6-8-9(7-2)11-14(12,13)10(3,4)5/h1,9,11H,7-8H2,2-5H3. The molecule has 0 bridgehead atoms. The van der Waals surface area contributed by atoms with Gasteiger partial charge in [0.1, 0.15) is 0 Å². The molecule has 0 fully saturated rings. The van der Waals surface area contributed by atoms with Gasteiger partial charge in [-0.1, -0.05) is 6.92 Å². The second-order valence-corrected chi connectivity index (χ2v) is 6.71. The van der Waals surface area contributed by atoms with Crippen LogP contribution in [0.5, 0.6) is 0 Å². The van der Waals surface area contributed by atoms with Gasteiger partial charge in [0.2, 0.25) is 10.0 Å². The Morgan fingerprint density at radius 2 is 1.93 bits per heavy atom. The first-order valence-electron chi connectivity index (χ1n) is 4.70. The van der Waals surface area contributed by atoms with Crippen molar-refractivity contribution in [2.45, 2.75) is 51.3 Å². The van der Waals surface area contributed by atoms with Crippen molar-refractivity contribution in [2.75, 3.05) is 0 Å². The molecule has 14 heavy (non-hydrogen) atoms. The molecule has 0 aliphatic heterocycles. The Bertz CT molecular complexity index is 306. The van der Waals surface area contributed by atoms with Gasteiger partial charge in [-0.3, -0.25) is 0 Å². The third kappa shape index (κ3) is 3.69. The molecule has 0 aromatic rings. The molecule has 0 heterocycles. The molecule has 0 aromatic carbocycles. The normalized spacial score (nSPS) is 14.8. The lowest BCUT2D eigenvalue weighted by molar-refractivity contribution is 0.515. The van der Waals surface area contributed by atoms with Crippen molar-refractivity contribution >= 4 is 10.0 Å². The summed E-state index contributed by atoms with van der Waals surface area (Å²) in [4.78, 5) is 0.